The minimum atomic E-state index is -2.10. The summed E-state index contributed by atoms with van der Waals surface area (Å²) in [5, 5.41) is 12.5. The number of halogens is 1. The van der Waals surface area contributed by atoms with Crippen LogP contribution in [0.25, 0.3) is 0 Å². The molecule has 0 bridgehead atoms. The Kier molecular flexibility index (Phi) is 20.5. The van der Waals surface area contributed by atoms with Crippen LogP contribution in [0.4, 0.5) is 4.79 Å². The Labute approximate surface area is 218 Å². The fourth-order valence-corrected chi connectivity index (χ4v) is 3.67. The fraction of sp³-hybridized carbons (Fsp3) is 0.619. The lowest BCUT2D eigenvalue weighted by Crippen LogP contribution is -2.27. The number of hydrogen-bond acceptors (Lipinski definition) is 10. The number of nitrogens with zero attached hydrogens (tertiary/aromatic N) is 5. The van der Waals surface area contributed by atoms with Crippen molar-refractivity contribution in [3.05, 3.63) is 29.0 Å². The van der Waals surface area contributed by atoms with E-state index in [0.29, 0.717) is 24.9 Å². The van der Waals surface area contributed by atoms with E-state index in [1.165, 1.54) is 0 Å². The van der Waals surface area contributed by atoms with Gasteiger partial charge in [-0.2, -0.15) is 5.26 Å². The zero-order valence-corrected chi connectivity index (χ0v) is 23.2. The fourth-order valence-electron chi connectivity index (χ4n) is 2.39. The van der Waals surface area contributed by atoms with Gasteiger partial charge in [0.2, 0.25) is 6.19 Å². The number of aromatic nitrogens is 1. The number of amidine groups is 1. The van der Waals surface area contributed by atoms with Gasteiger partial charge in [-0.05, 0) is 52.0 Å². The number of amides is 1. The van der Waals surface area contributed by atoms with E-state index in [2.05, 4.69) is 29.6 Å². The molecule has 1 aliphatic heterocycles. The normalized spacial score (nSPS) is 13.6. The van der Waals surface area contributed by atoms with Gasteiger partial charge in [0, 0.05) is 31.6 Å². The molecule has 0 spiro atoms. The molecular weight excluding hydrogens is 515 g/mol. The van der Waals surface area contributed by atoms with E-state index >= 15 is 0 Å². The lowest BCUT2D eigenvalue weighted by molar-refractivity contribution is 0.146. The molecule has 1 aromatic rings. The number of hydrogen-bond donors (Lipinski definition) is 3. The minimum absolute atomic E-state index is 0.305. The van der Waals surface area contributed by atoms with Crippen LogP contribution in [0.1, 0.15) is 32.3 Å². The number of pyridine rings is 1. The van der Waals surface area contributed by atoms with Gasteiger partial charge in [0.25, 0.3) is 0 Å². The topological polar surface area (TPSA) is 144 Å². The van der Waals surface area contributed by atoms with Crippen molar-refractivity contribution in [3.63, 3.8) is 0 Å². The lowest BCUT2D eigenvalue weighted by atomic mass is 10.3. The molecule has 35 heavy (non-hydrogen) atoms. The molecule has 2 rings (SSSR count). The third kappa shape index (κ3) is 19.2. The number of alkyl carbamates (subject to hydrolysis) is 1. The summed E-state index contributed by atoms with van der Waals surface area (Å²) < 4.78 is 9.05. The second kappa shape index (κ2) is 21.6. The number of carbonyl (C=O) groups is 1. The molecule has 11 nitrogen and oxygen atoms in total. The molecule has 0 radical (unpaired) electrons. The highest BCUT2D eigenvalue weighted by Gasteiger charge is 2.19. The highest BCUT2D eigenvalue weighted by molar-refractivity contribution is 8.14. The van der Waals surface area contributed by atoms with Crippen molar-refractivity contribution < 1.29 is 23.8 Å². The summed E-state index contributed by atoms with van der Waals surface area (Å²) in [7, 11) is 1.92. The standard InChI is InChI=1S/C10H9ClN4S.C9H20N2O2.C2H7O3P/c11-9-2-1-8(5-13-9)6-15-3-4-16-10(15)14-7-12;1-4-8-13-9(12)10-6-5-7-11(2)3;1-2-5-6(3)4/h1-2,5H,3-4,6H2;4-8H2,1-3H3,(H,10,12);3-4H,2H2,1H3. The number of aliphatic imine (C=N–C) groups is 1. The maximum atomic E-state index is 10.9. The molecular formula is C21H36ClN6O5PS. The van der Waals surface area contributed by atoms with Gasteiger partial charge in [-0.15, -0.1) is 4.99 Å². The van der Waals surface area contributed by atoms with Crippen molar-refractivity contribution in [1.82, 2.24) is 20.1 Å². The molecule has 1 fully saturated rings. The van der Waals surface area contributed by atoms with Gasteiger partial charge in [-0.3, -0.25) is 0 Å². The Morgan fingerprint density at radius 3 is 2.69 bits per heavy atom. The predicted molar refractivity (Wildman–Crippen MR) is 141 cm³/mol. The Morgan fingerprint density at radius 1 is 1.43 bits per heavy atom. The molecule has 14 heteroatoms. The van der Waals surface area contributed by atoms with E-state index in [9.17, 15) is 4.79 Å². The van der Waals surface area contributed by atoms with Gasteiger partial charge in [-0.1, -0.05) is 36.4 Å². The first kappa shape index (κ1) is 33.3. The maximum Gasteiger partial charge on any atom is 0.407 e. The van der Waals surface area contributed by atoms with Crippen molar-refractivity contribution in [2.75, 3.05) is 52.7 Å². The number of rotatable bonds is 10. The van der Waals surface area contributed by atoms with Crippen LogP contribution in [0.3, 0.4) is 0 Å². The zero-order chi connectivity index (χ0) is 26.5. The predicted octanol–water partition coefficient (Wildman–Crippen LogP) is 3.43. The summed E-state index contributed by atoms with van der Waals surface area (Å²) in [5.41, 5.74) is 1.07. The number of nitriles is 1. The van der Waals surface area contributed by atoms with Crippen LogP contribution in [-0.2, 0) is 15.8 Å². The molecule has 198 valence electrons. The van der Waals surface area contributed by atoms with Gasteiger partial charge in [0.15, 0.2) is 5.17 Å². The molecule has 0 atom stereocenters. The molecule has 1 aliphatic rings. The average molecular weight is 551 g/mol. The van der Waals surface area contributed by atoms with E-state index in [1.807, 2.05) is 33.3 Å². The first-order chi connectivity index (χ1) is 16.7. The van der Waals surface area contributed by atoms with Crippen molar-refractivity contribution in [1.29, 1.82) is 5.26 Å². The van der Waals surface area contributed by atoms with Crippen LogP contribution in [0.2, 0.25) is 5.15 Å². The number of ether oxygens (including phenoxy) is 1. The molecule has 1 saturated heterocycles. The van der Waals surface area contributed by atoms with Gasteiger partial charge < -0.3 is 34.2 Å². The number of thioether (sulfide) groups is 1. The Morgan fingerprint density at radius 2 is 2.17 bits per heavy atom. The monoisotopic (exact) mass is 550 g/mol. The molecule has 0 aliphatic carbocycles. The molecule has 0 aromatic carbocycles. The summed E-state index contributed by atoms with van der Waals surface area (Å²) >= 11 is 7.32. The van der Waals surface area contributed by atoms with Crippen LogP contribution in [0.15, 0.2) is 23.3 Å². The van der Waals surface area contributed by atoms with E-state index < -0.39 is 8.60 Å². The summed E-state index contributed by atoms with van der Waals surface area (Å²) in [6.07, 6.45) is 5.08. The van der Waals surface area contributed by atoms with E-state index in [0.717, 1.165) is 49.0 Å². The van der Waals surface area contributed by atoms with Crippen molar-refractivity contribution in [3.8, 4) is 6.19 Å². The highest BCUT2D eigenvalue weighted by Crippen LogP contribution is 2.23. The molecule has 1 amide bonds. The zero-order valence-electron chi connectivity index (χ0n) is 20.7. The SMILES string of the molecule is CCCOC(=O)NCCCN(C)C.CCOP(O)O.N#CN=C1SCCN1Cc1ccc(Cl)nc1. The summed E-state index contributed by atoms with van der Waals surface area (Å²) in [4.78, 5) is 38.8. The maximum absolute atomic E-state index is 10.9. The van der Waals surface area contributed by atoms with Crippen LogP contribution < -0.4 is 5.32 Å². The minimum Gasteiger partial charge on any atom is -0.450 e. The lowest BCUT2D eigenvalue weighted by Gasteiger charge is -2.16. The number of carbonyl (C=O) groups excluding carboxylic acids is 1. The van der Waals surface area contributed by atoms with E-state index in [-0.39, 0.29) is 6.09 Å². The smallest absolute Gasteiger partial charge is 0.407 e. The van der Waals surface area contributed by atoms with Crippen molar-refractivity contribution >= 4 is 43.2 Å². The molecule has 1 aromatic heterocycles. The molecule has 0 saturated carbocycles. The average Bonchev–Trinajstić information content (AvgIpc) is 3.24. The summed E-state index contributed by atoms with van der Waals surface area (Å²) in [6, 6.07) is 3.70. The van der Waals surface area contributed by atoms with Crippen molar-refractivity contribution in [2.45, 2.75) is 33.2 Å². The Bertz CT molecular complexity index is 768. The second-order valence-electron chi connectivity index (χ2n) is 7.14. The van der Waals surface area contributed by atoms with Gasteiger partial charge in [0.05, 0.1) is 13.2 Å². The van der Waals surface area contributed by atoms with Gasteiger partial charge in [-0.25, -0.2) is 9.78 Å². The van der Waals surface area contributed by atoms with Crippen molar-refractivity contribution in [2.24, 2.45) is 4.99 Å². The Balaban J connectivity index is 0.000000548. The first-order valence-corrected chi connectivity index (χ1v) is 13.6. The van der Waals surface area contributed by atoms with Crippen LogP contribution in [0, 0.1) is 11.5 Å². The quantitative estimate of drug-likeness (QED) is 0.171. The third-order valence-corrected chi connectivity index (χ3v) is 5.61. The third-order valence-electron chi connectivity index (χ3n) is 3.90. The second-order valence-corrected chi connectivity index (χ2v) is 9.36. The number of nitrogens with one attached hydrogen (secondary N) is 1. The van der Waals surface area contributed by atoms with Gasteiger partial charge in [0.1, 0.15) is 5.15 Å². The van der Waals surface area contributed by atoms with Crippen LogP contribution in [-0.4, -0.2) is 88.5 Å². The van der Waals surface area contributed by atoms with E-state index in [4.69, 9.17) is 31.4 Å². The summed E-state index contributed by atoms with van der Waals surface area (Å²) in [6.45, 7) is 7.82. The van der Waals surface area contributed by atoms with E-state index in [1.54, 1.807) is 30.9 Å². The molecule has 3 N–H and O–H groups in total. The van der Waals surface area contributed by atoms with Gasteiger partial charge >= 0.3 is 14.7 Å². The molecule has 2 heterocycles. The Hall–Kier alpha value is -1.71. The van der Waals surface area contributed by atoms with Crippen LogP contribution >= 0.6 is 32.0 Å². The van der Waals surface area contributed by atoms with Crippen LogP contribution in [0.5, 0.6) is 0 Å². The molecule has 0 unspecified atom stereocenters. The highest BCUT2D eigenvalue weighted by atomic mass is 35.5. The first-order valence-electron chi connectivity index (χ1n) is 11.0. The largest absolute Gasteiger partial charge is 0.450 e. The summed E-state index contributed by atoms with van der Waals surface area (Å²) in [5.74, 6) is 0.974.